The van der Waals surface area contributed by atoms with Gasteiger partial charge in [-0.1, -0.05) is 11.6 Å². The van der Waals surface area contributed by atoms with Crippen molar-refractivity contribution in [2.45, 2.75) is 13.3 Å². The number of nitrogens with one attached hydrogen (secondary N) is 1. The summed E-state index contributed by atoms with van der Waals surface area (Å²) in [5, 5.41) is 13.9. The summed E-state index contributed by atoms with van der Waals surface area (Å²) >= 11 is 7.23. The molecule has 0 aliphatic carbocycles. The maximum absolute atomic E-state index is 12.0. The third kappa shape index (κ3) is 4.64. The molecule has 0 aliphatic heterocycles. The third-order valence-electron chi connectivity index (χ3n) is 2.75. The number of pyridine rings is 1. The highest BCUT2D eigenvalue weighted by molar-refractivity contribution is 7.09. The van der Waals surface area contributed by atoms with Gasteiger partial charge in [0.05, 0.1) is 17.2 Å². The lowest BCUT2D eigenvalue weighted by Gasteiger charge is -2.07. The predicted octanol–water partition coefficient (Wildman–Crippen LogP) is 2.26. The average Bonchev–Trinajstić information content (AvgIpc) is 2.98. The van der Waals surface area contributed by atoms with Crippen LogP contribution in [-0.2, 0) is 6.42 Å². The van der Waals surface area contributed by atoms with Crippen LogP contribution in [-0.4, -0.2) is 40.1 Å². The summed E-state index contributed by atoms with van der Waals surface area (Å²) < 4.78 is 5.20. The quantitative estimate of drug-likeness (QED) is 0.790. The molecule has 1 amide bonds. The molecule has 0 fully saturated rings. The van der Waals surface area contributed by atoms with Crippen LogP contribution in [0.5, 0.6) is 5.88 Å². The maximum Gasteiger partial charge on any atom is 0.355 e. The van der Waals surface area contributed by atoms with Crippen LogP contribution in [0.25, 0.3) is 0 Å². The number of hydrogen-bond donors (Lipinski definition) is 2. The van der Waals surface area contributed by atoms with E-state index in [0.29, 0.717) is 30.1 Å². The molecule has 0 aromatic carbocycles. The number of thiazole rings is 1. The summed E-state index contributed by atoms with van der Waals surface area (Å²) in [7, 11) is 0. The first kappa shape index (κ1) is 17.2. The predicted molar refractivity (Wildman–Crippen MR) is 85.5 cm³/mol. The molecule has 0 unspecified atom stereocenters. The zero-order chi connectivity index (χ0) is 16.8. The first-order valence-electron chi connectivity index (χ1n) is 6.75. The summed E-state index contributed by atoms with van der Waals surface area (Å²) in [5.41, 5.74) is 0.336. The molecule has 2 aromatic heterocycles. The van der Waals surface area contributed by atoms with Crippen molar-refractivity contribution < 1.29 is 19.4 Å². The molecular weight excluding hydrogens is 342 g/mol. The van der Waals surface area contributed by atoms with Gasteiger partial charge in [0.25, 0.3) is 5.91 Å². The fourth-order valence-corrected chi connectivity index (χ4v) is 2.69. The smallest absolute Gasteiger partial charge is 0.355 e. The number of aromatic nitrogens is 2. The van der Waals surface area contributed by atoms with E-state index in [2.05, 4.69) is 15.3 Å². The summed E-state index contributed by atoms with van der Waals surface area (Å²) in [4.78, 5) is 30.7. The van der Waals surface area contributed by atoms with Gasteiger partial charge in [-0.3, -0.25) is 4.79 Å². The standard InChI is InChI=1S/C14H14ClN3O4S/c1-2-22-13-9(15)5-8(6-17-13)12(19)16-4-3-11-18-10(7-23-11)14(20)21/h5-7H,2-4H2,1H3,(H,16,19)(H,20,21). The van der Waals surface area contributed by atoms with E-state index in [4.69, 9.17) is 21.4 Å². The highest BCUT2D eigenvalue weighted by atomic mass is 35.5. The average molecular weight is 356 g/mol. The molecule has 2 rings (SSSR count). The number of carboxylic acids is 1. The Labute approximate surface area is 141 Å². The Balaban J connectivity index is 1.89. The number of carbonyl (C=O) groups excluding carboxylic acids is 1. The van der Waals surface area contributed by atoms with Gasteiger partial charge in [-0.05, 0) is 13.0 Å². The molecule has 0 atom stereocenters. The van der Waals surface area contributed by atoms with Crippen molar-refractivity contribution in [1.82, 2.24) is 15.3 Å². The number of hydrogen-bond acceptors (Lipinski definition) is 6. The molecule has 122 valence electrons. The Morgan fingerprint density at radius 3 is 2.87 bits per heavy atom. The van der Waals surface area contributed by atoms with Gasteiger partial charge in [0.2, 0.25) is 5.88 Å². The highest BCUT2D eigenvalue weighted by Crippen LogP contribution is 2.22. The second-order valence-corrected chi connectivity index (χ2v) is 5.73. The van der Waals surface area contributed by atoms with Crippen LogP contribution < -0.4 is 10.1 Å². The second kappa shape index (κ2) is 7.89. The molecule has 2 heterocycles. The molecule has 0 saturated carbocycles. The van der Waals surface area contributed by atoms with Crippen LogP contribution in [0.15, 0.2) is 17.6 Å². The molecule has 0 aliphatic rings. The van der Waals surface area contributed by atoms with Crippen LogP contribution in [0, 0.1) is 0 Å². The lowest BCUT2D eigenvalue weighted by molar-refractivity contribution is 0.0690. The van der Waals surface area contributed by atoms with Gasteiger partial charge in [0.1, 0.15) is 5.02 Å². The lowest BCUT2D eigenvalue weighted by Crippen LogP contribution is -2.25. The van der Waals surface area contributed by atoms with Crippen LogP contribution >= 0.6 is 22.9 Å². The Morgan fingerprint density at radius 1 is 1.48 bits per heavy atom. The zero-order valence-corrected chi connectivity index (χ0v) is 13.8. The Bertz CT molecular complexity index is 720. The van der Waals surface area contributed by atoms with Gasteiger partial charge in [-0.2, -0.15) is 0 Å². The number of halogens is 1. The van der Waals surface area contributed by atoms with Crippen molar-refractivity contribution in [3.8, 4) is 5.88 Å². The molecule has 0 saturated heterocycles. The van der Waals surface area contributed by atoms with Gasteiger partial charge < -0.3 is 15.2 Å². The topological polar surface area (TPSA) is 101 Å². The fourth-order valence-electron chi connectivity index (χ4n) is 1.70. The number of aromatic carboxylic acids is 1. The SMILES string of the molecule is CCOc1ncc(C(=O)NCCc2nc(C(=O)O)cs2)cc1Cl. The highest BCUT2D eigenvalue weighted by Gasteiger charge is 2.12. The molecule has 0 spiro atoms. The first-order chi connectivity index (χ1) is 11.0. The van der Waals surface area contributed by atoms with E-state index in [9.17, 15) is 9.59 Å². The van der Waals surface area contributed by atoms with Crippen LogP contribution in [0.2, 0.25) is 5.02 Å². The Hall–Kier alpha value is -2.19. The van der Waals surface area contributed by atoms with Gasteiger partial charge in [-0.25, -0.2) is 14.8 Å². The van der Waals surface area contributed by atoms with E-state index < -0.39 is 5.97 Å². The molecule has 2 N–H and O–H groups in total. The van der Waals surface area contributed by atoms with Crippen molar-refractivity contribution in [3.05, 3.63) is 38.9 Å². The van der Waals surface area contributed by atoms with Crippen LogP contribution in [0.4, 0.5) is 0 Å². The van der Waals surface area contributed by atoms with E-state index in [0.717, 1.165) is 0 Å². The normalized spacial score (nSPS) is 10.3. The summed E-state index contributed by atoms with van der Waals surface area (Å²) in [5.74, 6) is -1.10. The van der Waals surface area contributed by atoms with E-state index in [1.807, 2.05) is 6.92 Å². The van der Waals surface area contributed by atoms with Gasteiger partial charge in [0, 0.05) is 24.5 Å². The first-order valence-corrected chi connectivity index (χ1v) is 8.01. The molecule has 0 bridgehead atoms. The maximum atomic E-state index is 12.0. The minimum Gasteiger partial charge on any atom is -0.477 e. The number of carbonyl (C=O) groups is 2. The van der Waals surface area contributed by atoms with Crippen LogP contribution in [0.3, 0.4) is 0 Å². The lowest BCUT2D eigenvalue weighted by atomic mass is 10.2. The molecule has 23 heavy (non-hydrogen) atoms. The summed E-state index contributed by atoms with van der Waals surface area (Å²) in [6.07, 6.45) is 1.83. The fraction of sp³-hybridized carbons (Fsp3) is 0.286. The monoisotopic (exact) mass is 355 g/mol. The third-order valence-corrected chi connectivity index (χ3v) is 3.93. The molecule has 2 aromatic rings. The number of carboxylic acid groups (broad SMARTS) is 1. The number of rotatable bonds is 7. The summed E-state index contributed by atoms with van der Waals surface area (Å²) in [6, 6.07) is 1.49. The molecule has 0 radical (unpaired) electrons. The second-order valence-electron chi connectivity index (χ2n) is 4.38. The number of nitrogens with zero attached hydrogens (tertiary/aromatic N) is 2. The van der Waals surface area contributed by atoms with E-state index in [1.54, 1.807) is 0 Å². The van der Waals surface area contributed by atoms with Crippen molar-refractivity contribution in [2.75, 3.05) is 13.2 Å². The van der Waals surface area contributed by atoms with Gasteiger partial charge >= 0.3 is 5.97 Å². The Kier molecular flexibility index (Phi) is 5.89. The van der Waals surface area contributed by atoms with Crippen molar-refractivity contribution in [1.29, 1.82) is 0 Å². The van der Waals surface area contributed by atoms with Gasteiger partial charge in [-0.15, -0.1) is 11.3 Å². The van der Waals surface area contributed by atoms with Crippen molar-refractivity contribution in [3.63, 3.8) is 0 Å². The zero-order valence-electron chi connectivity index (χ0n) is 12.2. The van der Waals surface area contributed by atoms with E-state index >= 15 is 0 Å². The largest absolute Gasteiger partial charge is 0.477 e. The van der Waals surface area contributed by atoms with Crippen LogP contribution in [0.1, 0.15) is 32.8 Å². The van der Waals surface area contributed by atoms with E-state index in [1.165, 1.54) is 29.0 Å². The van der Waals surface area contributed by atoms with E-state index in [-0.39, 0.29) is 22.5 Å². The number of ether oxygens (including phenoxy) is 1. The Morgan fingerprint density at radius 2 is 2.26 bits per heavy atom. The molecule has 7 nitrogen and oxygen atoms in total. The summed E-state index contributed by atoms with van der Waals surface area (Å²) in [6.45, 7) is 2.58. The van der Waals surface area contributed by atoms with Crippen molar-refractivity contribution >= 4 is 34.8 Å². The minimum absolute atomic E-state index is 0.0128. The van der Waals surface area contributed by atoms with Crippen molar-refractivity contribution in [2.24, 2.45) is 0 Å². The minimum atomic E-state index is -1.06. The number of amides is 1. The van der Waals surface area contributed by atoms with Gasteiger partial charge in [0.15, 0.2) is 5.69 Å². The molecule has 9 heteroatoms. The molecular formula is C14H14ClN3O4S.